The lowest BCUT2D eigenvalue weighted by molar-refractivity contribution is -0.127. The van der Waals surface area contributed by atoms with Gasteiger partial charge in [0.25, 0.3) is 0 Å². The molecule has 1 saturated carbocycles. The molecule has 6 nitrogen and oxygen atoms in total. The molecular formula is C15H26N4O2. The summed E-state index contributed by atoms with van der Waals surface area (Å²) < 4.78 is 4.71. The van der Waals surface area contributed by atoms with Gasteiger partial charge < -0.3 is 5.32 Å². The maximum absolute atomic E-state index is 12.5. The predicted octanol–water partition coefficient (Wildman–Crippen LogP) is 2.04. The standard InChI is InChI=1S/C15H26N4O2/c1-4-14(15(20)16-12-8-6-5-7-9-12)19(3)10-13-11(2)17-21-18-13/h12,14H,4-10H2,1-3H3,(H,16,20). The van der Waals surface area contributed by atoms with Gasteiger partial charge in [0.1, 0.15) is 11.4 Å². The number of aromatic nitrogens is 2. The van der Waals surface area contributed by atoms with E-state index in [1.54, 1.807) is 0 Å². The number of rotatable bonds is 6. The third kappa shape index (κ3) is 4.27. The molecule has 1 aromatic heterocycles. The van der Waals surface area contributed by atoms with Crippen LogP contribution in [-0.4, -0.2) is 40.3 Å². The fourth-order valence-corrected chi connectivity index (χ4v) is 2.98. The second-order valence-corrected chi connectivity index (χ2v) is 5.98. The monoisotopic (exact) mass is 294 g/mol. The normalized spacial score (nSPS) is 17.9. The van der Waals surface area contributed by atoms with Gasteiger partial charge in [0, 0.05) is 12.6 Å². The van der Waals surface area contributed by atoms with E-state index in [1.165, 1.54) is 19.3 Å². The Morgan fingerprint density at radius 2 is 2.10 bits per heavy atom. The zero-order chi connectivity index (χ0) is 15.2. The lowest BCUT2D eigenvalue weighted by Crippen LogP contribution is -2.48. The summed E-state index contributed by atoms with van der Waals surface area (Å²) in [6.07, 6.45) is 6.74. The molecule has 2 rings (SSSR count). The number of nitrogens with zero attached hydrogens (tertiary/aromatic N) is 3. The third-order valence-corrected chi connectivity index (χ3v) is 4.32. The van der Waals surface area contributed by atoms with Gasteiger partial charge in [-0.2, -0.15) is 0 Å². The van der Waals surface area contributed by atoms with E-state index in [4.69, 9.17) is 4.63 Å². The average molecular weight is 294 g/mol. The molecule has 21 heavy (non-hydrogen) atoms. The highest BCUT2D eigenvalue weighted by molar-refractivity contribution is 5.81. The molecule has 0 aliphatic heterocycles. The van der Waals surface area contributed by atoms with Crippen LogP contribution in [-0.2, 0) is 11.3 Å². The number of hydrogen-bond acceptors (Lipinski definition) is 5. The van der Waals surface area contributed by atoms with Crippen molar-refractivity contribution in [2.75, 3.05) is 7.05 Å². The minimum absolute atomic E-state index is 0.126. The summed E-state index contributed by atoms with van der Waals surface area (Å²) in [5.74, 6) is 0.126. The summed E-state index contributed by atoms with van der Waals surface area (Å²) in [5, 5.41) is 10.9. The molecule has 0 bridgehead atoms. The van der Waals surface area contributed by atoms with Crippen molar-refractivity contribution in [2.24, 2.45) is 0 Å². The van der Waals surface area contributed by atoms with Gasteiger partial charge in [-0.3, -0.25) is 9.69 Å². The highest BCUT2D eigenvalue weighted by Crippen LogP contribution is 2.18. The van der Waals surface area contributed by atoms with E-state index in [1.807, 2.05) is 25.8 Å². The first-order valence-electron chi connectivity index (χ1n) is 7.90. The molecule has 1 N–H and O–H groups in total. The Kier molecular flexibility index (Phi) is 5.73. The zero-order valence-electron chi connectivity index (χ0n) is 13.3. The van der Waals surface area contributed by atoms with E-state index in [2.05, 4.69) is 15.6 Å². The molecule has 1 aliphatic carbocycles. The van der Waals surface area contributed by atoms with Gasteiger partial charge in [-0.05, 0) is 33.2 Å². The number of nitrogens with one attached hydrogen (secondary N) is 1. The maximum Gasteiger partial charge on any atom is 0.237 e. The molecule has 0 radical (unpaired) electrons. The van der Waals surface area contributed by atoms with E-state index in [-0.39, 0.29) is 11.9 Å². The van der Waals surface area contributed by atoms with E-state index in [9.17, 15) is 4.79 Å². The van der Waals surface area contributed by atoms with Crippen molar-refractivity contribution in [3.8, 4) is 0 Å². The number of hydrogen-bond donors (Lipinski definition) is 1. The van der Waals surface area contributed by atoms with Crippen LogP contribution in [0.4, 0.5) is 0 Å². The van der Waals surface area contributed by atoms with Crippen LogP contribution in [0, 0.1) is 6.92 Å². The minimum Gasteiger partial charge on any atom is -0.352 e. The molecule has 1 unspecified atom stereocenters. The van der Waals surface area contributed by atoms with Crippen LogP contribution in [0.2, 0.25) is 0 Å². The number of aryl methyl sites for hydroxylation is 1. The molecule has 0 spiro atoms. The van der Waals surface area contributed by atoms with Crippen LogP contribution in [0.1, 0.15) is 56.8 Å². The van der Waals surface area contributed by atoms with Crippen molar-refractivity contribution < 1.29 is 9.42 Å². The molecule has 118 valence electrons. The van der Waals surface area contributed by atoms with Gasteiger partial charge in [0.15, 0.2) is 0 Å². The zero-order valence-corrected chi connectivity index (χ0v) is 13.3. The van der Waals surface area contributed by atoms with E-state index in [0.29, 0.717) is 12.6 Å². The molecule has 1 aliphatic rings. The molecule has 1 atom stereocenters. The van der Waals surface area contributed by atoms with Gasteiger partial charge in [-0.25, -0.2) is 4.63 Å². The number of carbonyl (C=O) groups excluding carboxylic acids is 1. The van der Waals surface area contributed by atoms with Crippen molar-refractivity contribution in [1.29, 1.82) is 0 Å². The van der Waals surface area contributed by atoms with Crippen LogP contribution in [0.15, 0.2) is 4.63 Å². The minimum atomic E-state index is -0.136. The first-order chi connectivity index (χ1) is 10.1. The van der Waals surface area contributed by atoms with Crippen LogP contribution in [0.25, 0.3) is 0 Å². The smallest absolute Gasteiger partial charge is 0.237 e. The first-order valence-corrected chi connectivity index (χ1v) is 7.90. The summed E-state index contributed by atoms with van der Waals surface area (Å²) in [6.45, 7) is 4.48. The molecular weight excluding hydrogens is 268 g/mol. The fourth-order valence-electron chi connectivity index (χ4n) is 2.98. The van der Waals surface area contributed by atoms with E-state index in [0.717, 1.165) is 30.7 Å². The Morgan fingerprint density at radius 1 is 1.38 bits per heavy atom. The van der Waals surface area contributed by atoms with E-state index >= 15 is 0 Å². The van der Waals surface area contributed by atoms with Crippen molar-refractivity contribution in [3.63, 3.8) is 0 Å². The molecule has 1 fully saturated rings. The van der Waals surface area contributed by atoms with Crippen LogP contribution < -0.4 is 5.32 Å². The lowest BCUT2D eigenvalue weighted by atomic mass is 9.95. The van der Waals surface area contributed by atoms with Crippen LogP contribution in [0.5, 0.6) is 0 Å². The Morgan fingerprint density at radius 3 is 2.67 bits per heavy atom. The highest BCUT2D eigenvalue weighted by atomic mass is 16.6. The second-order valence-electron chi connectivity index (χ2n) is 5.98. The maximum atomic E-state index is 12.5. The highest BCUT2D eigenvalue weighted by Gasteiger charge is 2.25. The Labute approximate surface area is 126 Å². The SMILES string of the molecule is CCC(C(=O)NC1CCCCC1)N(C)Cc1nonc1C. The largest absolute Gasteiger partial charge is 0.352 e. The summed E-state index contributed by atoms with van der Waals surface area (Å²) in [5.41, 5.74) is 1.57. The van der Waals surface area contributed by atoms with Gasteiger partial charge in [-0.1, -0.05) is 36.5 Å². The molecule has 1 aromatic rings. The first kappa shape index (κ1) is 15.9. The predicted molar refractivity (Wildman–Crippen MR) is 79.6 cm³/mol. The van der Waals surface area contributed by atoms with Gasteiger partial charge in [0.05, 0.1) is 6.04 Å². The van der Waals surface area contributed by atoms with Gasteiger partial charge in [-0.15, -0.1) is 0 Å². The average Bonchev–Trinajstić information content (AvgIpc) is 2.86. The molecule has 0 saturated heterocycles. The van der Waals surface area contributed by atoms with Crippen LogP contribution >= 0.6 is 0 Å². The third-order valence-electron chi connectivity index (χ3n) is 4.32. The van der Waals surface area contributed by atoms with E-state index < -0.39 is 0 Å². The summed E-state index contributed by atoms with van der Waals surface area (Å²) in [6, 6.07) is 0.215. The van der Waals surface area contributed by atoms with Crippen LogP contribution in [0.3, 0.4) is 0 Å². The molecule has 1 amide bonds. The fraction of sp³-hybridized carbons (Fsp3) is 0.800. The van der Waals surface area contributed by atoms with Crippen molar-refractivity contribution >= 4 is 5.91 Å². The molecule has 1 heterocycles. The van der Waals surface area contributed by atoms with Crippen molar-refractivity contribution in [1.82, 2.24) is 20.5 Å². The number of amides is 1. The van der Waals surface area contributed by atoms with Gasteiger partial charge in [0.2, 0.25) is 5.91 Å². The molecule has 0 aromatic carbocycles. The Balaban J connectivity index is 1.90. The summed E-state index contributed by atoms with van der Waals surface area (Å²) in [7, 11) is 1.95. The van der Waals surface area contributed by atoms with Gasteiger partial charge >= 0.3 is 0 Å². The topological polar surface area (TPSA) is 71.3 Å². The Bertz CT molecular complexity index is 454. The quantitative estimate of drug-likeness (QED) is 0.869. The lowest BCUT2D eigenvalue weighted by Gasteiger charge is -2.29. The number of likely N-dealkylation sites (N-methyl/N-ethyl adjacent to an activating group) is 1. The number of carbonyl (C=O) groups is 1. The Hall–Kier alpha value is -1.43. The second kappa shape index (κ2) is 7.54. The van der Waals surface area contributed by atoms with Crippen molar-refractivity contribution in [2.45, 2.75) is 71.0 Å². The summed E-state index contributed by atoms with van der Waals surface area (Å²) in [4.78, 5) is 14.5. The molecule has 6 heteroatoms. The summed E-state index contributed by atoms with van der Waals surface area (Å²) >= 11 is 0. The van der Waals surface area contributed by atoms with Crippen molar-refractivity contribution in [3.05, 3.63) is 11.4 Å².